The third-order valence-electron chi connectivity index (χ3n) is 4.70. The minimum absolute atomic E-state index is 0.169. The zero-order chi connectivity index (χ0) is 15.7. The van der Waals surface area contributed by atoms with Crippen LogP contribution in [0.5, 0.6) is 0 Å². The van der Waals surface area contributed by atoms with Crippen molar-refractivity contribution in [2.45, 2.75) is 65.8 Å². The highest BCUT2D eigenvalue weighted by atomic mass is 35.5. The molecule has 0 spiro atoms. The first-order valence-corrected chi connectivity index (χ1v) is 8.38. The van der Waals surface area contributed by atoms with E-state index in [-0.39, 0.29) is 18.2 Å². The molecule has 0 radical (unpaired) electrons. The Hall–Kier alpha value is -0.580. The van der Waals surface area contributed by atoms with Gasteiger partial charge in [0.25, 0.3) is 0 Å². The molecule has 2 rings (SSSR count). The van der Waals surface area contributed by atoms with Gasteiger partial charge in [-0.15, -0.1) is 0 Å². The zero-order valence-corrected chi connectivity index (χ0v) is 14.7. The van der Waals surface area contributed by atoms with Crippen LogP contribution in [0.2, 0.25) is 5.02 Å². The van der Waals surface area contributed by atoms with Gasteiger partial charge in [-0.25, -0.2) is 0 Å². The fourth-order valence-corrected chi connectivity index (χ4v) is 3.80. The maximum atomic E-state index is 6.47. The molecule has 1 aliphatic heterocycles. The van der Waals surface area contributed by atoms with Gasteiger partial charge in [-0.2, -0.15) is 5.10 Å². The molecule has 120 valence electrons. The highest BCUT2D eigenvalue weighted by molar-refractivity contribution is 6.31. The van der Waals surface area contributed by atoms with Crippen molar-refractivity contribution in [3.63, 3.8) is 0 Å². The Bertz CT molecular complexity index is 474. The Morgan fingerprint density at radius 3 is 2.48 bits per heavy atom. The van der Waals surface area contributed by atoms with E-state index in [2.05, 4.69) is 52.0 Å². The third kappa shape index (κ3) is 3.13. The summed E-state index contributed by atoms with van der Waals surface area (Å²) in [7, 11) is 0. The summed E-state index contributed by atoms with van der Waals surface area (Å²) in [4.78, 5) is 0. The fraction of sp³-hybridized carbons (Fsp3) is 0.812. The van der Waals surface area contributed by atoms with Crippen LogP contribution < -0.4 is 5.32 Å². The molecule has 0 bridgehead atoms. The molecule has 1 aromatic rings. The van der Waals surface area contributed by atoms with E-state index in [4.69, 9.17) is 16.3 Å². The molecule has 5 heteroatoms. The molecule has 21 heavy (non-hydrogen) atoms. The average Bonchev–Trinajstić information content (AvgIpc) is 2.90. The summed E-state index contributed by atoms with van der Waals surface area (Å²) in [6.45, 7) is 13.9. The number of hydrogen-bond acceptors (Lipinski definition) is 3. The van der Waals surface area contributed by atoms with Crippen LogP contribution in [-0.4, -0.2) is 28.5 Å². The van der Waals surface area contributed by atoms with Crippen LogP contribution >= 0.6 is 11.6 Å². The summed E-state index contributed by atoms with van der Waals surface area (Å²) in [5.74, 6) is 0.877. The number of hydrogen-bond donors (Lipinski definition) is 1. The zero-order valence-electron chi connectivity index (χ0n) is 13.9. The molecule has 0 amide bonds. The smallest absolute Gasteiger partial charge is 0.0834 e. The Morgan fingerprint density at radius 1 is 1.33 bits per heavy atom. The van der Waals surface area contributed by atoms with E-state index < -0.39 is 0 Å². The number of aromatic nitrogens is 2. The van der Waals surface area contributed by atoms with Crippen molar-refractivity contribution < 1.29 is 4.74 Å². The van der Waals surface area contributed by atoms with Crippen LogP contribution in [0.3, 0.4) is 0 Å². The second-order valence-corrected chi connectivity index (χ2v) is 6.84. The Kier molecular flexibility index (Phi) is 5.33. The fourth-order valence-electron chi connectivity index (χ4n) is 3.56. The lowest BCUT2D eigenvalue weighted by atomic mass is 9.82. The van der Waals surface area contributed by atoms with E-state index in [1.165, 1.54) is 0 Å². The molecule has 0 saturated carbocycles. The predicted molar refractivity (Wildman–Crippen MR) is 86.7 cm³/mol. The highest BCUT2D eigenvalue weighted by Crippen LogP contribution is 2.42. The van der Waals surface area contributed by atoms with Crippen molar-refractivity contribution >= 4 is 11.6 Å². The minimum Gasteiger partial charge on any atom is -0.375 e. The lowest BCUT2D eigenvalue weighted by molar-refractivity contribution is 0.0471. The van der Waals surface area contributed by atoms with E-state index in [1.807, 2.05) is 4.68 Å². The van der Waals surface area contributed by atoms with Gasteiger partial charge >= 0.3 is 0 Å². The first-order chi connectivity index (χ1) is 9.88. The summed E-state index contributed by atoms with van der Waals surface area (Å²) in [5, 5.41) is 8.83. The van der Waals surface area contributed by atoms with Crippen molar-refractivity contribution in [2.75, 3.05) is 6.54 Å². The predicted octanol–water partition coefficient (Wildman–Crippen LogP) is 3.83. The van der Waals surface area contributed by atoms with Crippen LogP contribution in [0.1, 0.15) is 59.3 Å². The lowest BCUT2D eigenvalue weighted by Crippen LogP contribution is -2.36. The maximum absolute atomic E-state index is 6.47. The summed E-state index contributed by atoms with van der Waals surface area (Å²) in [6.07, 6.45) is 2.25. The summed E-state index contributed by atoms with van der Waals surface area (Å²) >= 11 is 6.47. The second kappa shape index (κ2) is 6.67. The monoisotopic (exact) mass is 313 g/mol. The normalized spacial score (nSPS) is 31.0. The van der Waals surface area contributed by atoms with Gasteiger partial charge in [-0.05, 0) is 40.2 Å². The first kappa shape index (κ1) is 16.8. The van der Waals surface area contributed by atoms with Gasteiger partial charge < -0.3 is 10.1 Å². The van der Waals surface area contributed by atoms with Crippen molar-refractivity contribution in [3.8, 4) is 0 Å². The highest BCUT2D eigenvalue weighted by Gasteiger charge is 2.43. The molecule has 1 N–H and O–H groups in total. The molecule has 5 atom stereocenters. The number of nitrogens with one attached hydrogen (secondary N) is 1. The third-order valence-corrected chi connectivity index (χ3v) is 4.99. The SMILES string of the molecule is CCNC(c1c(Cl)cnn1C(C)C)C1C(C)OC(C)C1C. The number of nitrogens with zero attached hydrogens (tertiary/aromatic N) is 2. The van der Waals surface area contributed by atoms with E-state index >= 15 is 0 Å². The number of rotatable bonds is 5. The van der Waals surface area contributed by atoms with E-state index in [0.717, 1.165) is 17.3 Å². The van der Waals surface area contributed by atoms with Gasteiger partial charge in [0.1, 0.15) is 0 Å². The van der Waals surface area contributed by atoms with Gasteiger partial charge in [-0.3, -0.25) is 4.68 Å². The molecule has 2 heterocycles. The molecule has 1 saturated heterocycles. The molecule has 4 nitrogen and oxygen atoms in total. The standard InChI is InChI=1S/C16H28ClN3O/c1-7-18-15(14-10(4)11(5)21-12(14)6)16-13(17)8-19-20(16)9(2)3/h8-12,14-15,18H,7H2,1-6H3. The van der Waals surface area contributed by atoms with Crippen LogP contribution in [0.25, 0.3) is 0 Å². The molecule has 1 aromatic heterocycles. The second-order valence-electron chi connectivity index (χ2n) is 6.43. The van der Waals surface area contributed by atoms with Crippen molar-refractivity contribution in [3.05, 3.63) is 16.9 Å². The summed E-state index contributed by atoms with van der Waals surface area (Å²) < 4.78 is 8.08. The molecular weight excluding hydrogens is 286 g/mol. The van der Waals surface area contributed by atoms with Gasteiger partial charge in [0.15, 0.2) is 0 Å². The van der Waals surface area contributed by atoms with Gasteiger partial charge in [-0.1, -0.05) is 25.4 Å². The maximum Gasteiger partial charge on any atom is 0.0834 e. The summed E-state index contributed by atoms with van der Waals surface area (Å²) in [6, 6.07) is 0.460. The van der Waals surface area contributed by atoms with Gasteiger partial charge in [0.05, 0.1) is 35.2 Å². The molecule has 5 unspecified atom stereocenters. The molecule has 0 aliphatic carbocycles. The van der Waals surface area contributed by atoms with Crippen LogP contribution in [0.4, 0.5) is 0 Å². The van der Waals surface area contributed by atoms with Crippen molar-refractivity contribution in [1.82, 2.24) is 15.1 Å². The van der Waals surface area contributed by atoms with Gasteiger partial charge in [0.2, 0.25) is 0 Å². The topological polar surface area (TPSA) is 39.1 Å². The summed E-state index contributed by atoms with van der Waals surface area (Å²) in [5.41, 5.74) is 1.09. The molecular formula is C16H28ClN3O. The van der Waals surface area contributed by atoms with E-state index in [0.29, 0.717) is 17.9 Å². The van der Waals surface area contributed by atoms with Crippen LogP contribution in [0.15, 0.2) is 6.20 Å². The largest absolute Gasteiger partial charge is 0.375 e. The Labute approximate surface area is 133 Å². The lowest BCUT2D eigenvalue weighted by Gasteiger charge is -2.31. The molecule has 1 aliphatic rings. The van der Waals surface area contributed by atoms with Crippen LogP contribution in [0, 0.1) is 11.8 Å². The van der Waals surface area contributed by atoms with E-state index in [9.17, 15) is 0 Å². The van der Waals surface area contributed by atoms with E-state index in [1.54, 1.807) is 6.20 Å². The Balaban J connectivity index is 2.42. The molecule has 1 fully saturated rings. The van der Waals surface area contributed by atoms with Crippen LogP contribution in [-0.2, 0) is 4.74 Å². The quantitative estimate of drug-likeness (QED) is 0.898. The first-order valence-electron chi connectivity index (χ1n) is 8.00. The number of ether oxygens (including phenoxy) is 1. The average molecular weight is 314 g/mol. The number of halogens is 1. The van der Waals surface area contributed by atoms with Crippen molar-refractivity contribution in [2.24, 2.45) is 11.8 Å². The van der Waals surface area contributed by atoms with Crippen molar-refractivity contribution in [1.29, 1.82) is 0 Å². The Morgan fingerprint density at radius 2 is 2.00 bits per heavy atom. The van der Waals surface area contributed by atoms with Gasteiger partial charge in [0, 0.05) is 12.0 Å². The minimum atomic E-state index is 0.169. The molecule has 0 aromatic carbocycles.